The second kappa shape index (κ2) is 11.1. The number of benzene rings is 3. The van der Waals surface area contributed by atoms with Gasteiger partial charge in [0.2, 0.25) is 0 Å². The number of ketones is 1. The summed E-state index contributed by atoms with van der Waals surface area (Å²) < 4.78 is 0. The number of carbonyl (C=O) groups is 3. The van der Waals surface area contributed by atoms with Crippen LogP contribution < -0.4 is 4.90 Å². The zero-order chi connectivity index (χ0) is 27.8. The molecule has 3 aromatic carbocycles. The Labute approximate surface area is 242 Å². The van der Waals surface area contributed by atoms with E-state index in [0.717, 1.165) is 43.2 Å². The quantitative estimate of drug-likeness (QED) is 0.200. The van der Waals surface area contributed by atoms with Crippen molar-refractivity contribution in [3.05, 3.63) is 122 Å². The van der Waals surface area contributed by atoms with Crippen LogP contribution in [0.4, 0.5) is 5.00 Å². The molecule has 202 valence electrons. The fourth-order valence-electron chi connectivity index (χ4n) is 5.43. The number of imide groups is 1. The molecule has 0 atom stereocenters. The molecule has 40 heavy (non-hydrogen) atoms. The first-order chi connectivity index (χ1) is 19.4. The van der Waals surface area contributed by atoms with Crippen molar-refractivity contribution >= 4 is 45.5 Å². The van der Waals surface area contributed by atoms with Crippen LogP contribution in [0.3, 0.4) is 0 Å². The molecule has 3 heterocycles. The topological polar surface area (TPSA) is 60.9 Å². The number of piperazine rings is 1. The highest BCUT2D eigenvalue weighted by Crippen LogP contribution is 2.41. The zero-order valence-corrected chi connectivity index (χ0v) is 23.7. The Hall–Kier alpha value is -3.62. The fraction of sp³-hybridized carbons (Fsp3) is 0.219. The number of rotatable bonds is 7. The summed E-state index contributed by atoms with van der Waals surface area (Å²) in [6.07, 6.45) is 0. The number of anilines is 1. The van der Waals surface area contributed by atoms with Crippen LogP contribution in [0.15, 0.2) is 78.9 Å². The minimum Gasteiger partial charge on any atom is -0.297 e. The molecular weight excluding hydrogens is 542 g/mol. The van der Waals surface area contributed by atoms with E-state index in [0.29, 0.717) is 38.8 Å². The molecule has 0 spiro atoms. The first-order valence-corrected chi connectivity index (χ1v) is 14.5. The predicted octanol–water partition coefficient (Wildman–Crippen LogP) is 6.06. The number of nitrogens with zero attached hydrogens (tertiary/aromatic N) is 3. The van der Waals surface area contributed by atoms with Crippen molar-refractivity contribution in [3.63, 3.8) is 0 Å². The Balaban J connectivity index is 1.31. The van der Waals surface area contributed by atoms with Crippen molar-refractivity contribution in [1.29, 1.82) is 0 Å². The van der Waals surface area contributed by atoms with Gasteiger partial charge in [-0.25, -0.2) is 4.90 Å². The van der Waals surface area contributed by atoms with E-state index in [9.17, 15) is 14.4 Å². The highest BCUT2D eigenvalue weighted by atomic mass is 35.5. The molecule has 8 heteroatoms. The van der Waals surface area contributed by atoms with Crippen molar-refractivity contribution < 1.29 is 14.4 Å². The summed E-state index contributed by atoms with van der Waals surface area (Å²) in [5, 5.41) is 0.925. The molecule has 0 aliphatic carbocycles. The lowest BCUT2D eigenvalue weighted by atomic mass is 9.99. The number of fused-ring (bicyclic) bond motifs is 1. The summed E-state index contributed by atoms with van der Waals surface area (Å²) in [4.78, 5) is 47.8. The fourth-order valence-corrected chi connectivity index (χ4v) is 6.72. The van der Waals surface area contributed by atoms with E-state index in [2.05, 4.69) is 34.1 Å². The van der Waals surface area contributed by atoms with E-state index in [1.165, 1.54) is 21.8 Å². The van der Waals surface area contributed by atoms with E-state index < -0.39 is 11.8 Å². The van der Waals surface area contributed by atoms with Crippen LogP contribution in [0.25, 0.3) is 0 Å². The predicted molar refractivity (Wildman–Crippen MR) is 159 cm³/mol. The number of hydrogen-bond donors (Lipinski definition) is 0. The molecule has 0 radical (unpaired) electrons. The molecule has 0 unspecified atom stereocenters. The number of halogens is 1. The van der Waals surface area contributed by atoms with Crippen molar-refractivity contribution in [2.24, 2.45) is 0 Å². The average molecular weight is 570 g/mol. The van der Waals surface area contributed by atoms with E-state index in [1.54, 1.807) is 48.5 Å². The molecule has 0 N–H and O–H groups in total. The maximum absolute atomic E-state index is 14.0. The Morgan fingerprint density at radius 1 is 0.775 bits per heavy atom. The summed E-state index contributed by atoms with van der Waals surface area (Å²) in [6, 6.07) is 24.0. The molecule has 1 saturated heterocycles. The summed E-state index contributed by atoms with van der Waals surface area (Å²) in [5.74, 6) is -1.01. The van der Waals surface area contributed by atoms with Gasteiger partial charge >= 0.3 is 0 Å². The van der Waals surface area contributed by atoms with Crippen molar-refractivity contribution in [1.82, 2.24) is 9.80 Å². The van der Waals surface area contributed by atoms with E-state index in [4.69, 9.17) is 11.6 Å². The van der Waals surface area contributed by atoms with E-state index in [1.807, 2.05) is 13.0 Å². The minimum atomic E-state index is -0.395. The number of amides is 2. The summed E-state index contributed by atoms with van der Waals surface area (Å²) in [5.41, 5.74) is 3.78. The summed E-state index contributed by atoms with van der Waals surface area (Å²) in [6.45, 7) is 7.01. The van der Waals surface area contributed by atoms with Gasteiger partial charge in [-0.1, -0.05) is 54.1 Å². The molecule has 2 aliphatic heterocycles. The third-order valence-electron chi connectivity index (χ3n) is 7.62. The van der Waals surface area contributed by atoms with Crippen molar-refractivity contribution in [3.8, 4) is 0 Å². The molecule has 4 aromatic rings. The van der Waals surface area contributed by atoms with Crippen LogP contribution in [0.5, 0.6) is 0 Å². The number of hydrogen-bond acceptors (Lipinski definition) is 6. The maximum atomic E-state index is 14.0. The van der Waals surface area contributed by atoms with E-state index >= 15 is 0 Å². The Bertz CT molecular complexity index is 1560. The lowest BCUT2D eigenvalue weighted by molar-refractivity contribution is 0.0927. The Kier molecular flexibility index (Phi) is 7.38. The van der Waals surface area contributed by atoms with Crippen LogP contribution in [0.2, 0.25) is 5.02 Å². The maximum Gasteiger partial charge on any atom is 0.266 e. The standard InChI is InChI=1S/C32H28ClN3O3S/c1-21-27(20-35-17-15-34(16-18-35)19-22-7-3-2-4-8-22)28(29(37)23-11-13-24(33)14-12-23)32(40-21)36-30(38)25-9-5-6-10-26(25)31(36)39/h2-14H,15-20H2,1H3. The molecule has 6 rings (SSSR count). The minimum absolute atomic E-state index is 0.217. The number of thiophene rings is 1. The van der Waals surface area contributed by atoms with Gasteiger partial charge in [0.1, 0.15) is 5.00 Å². The van der Waals surface area contributed by atoms with Crippen LogP contribution in [0.1, 0.15) is 52.6 Å². The monoisotopic (exact) mass is 569 g/mol. The summed E-state index contributed by atoms with van der Waals surface area (Å²) >= 11 is 7.43. The highest BCUT2D eigenvalue weighted by molar-refractivity contribution is 7.17. The van der Waals surface area contributed by atoms with Crippen LogP contribution in [-0.4, -0.2) is 53.6 Å². The Morgan fingerprint density at radius 3 is 1.93 bits per heavy atom. The zero-order valence-electron chi connectivity index (χ0n) is 22.1. The first kappa shape index (κ1) is 26.6. The van der Waals surface area contributed by atoms with Gasteiger partial charge in [-0.15, -0.1) is 11.3 Å². The first-order valence-electron chi connectivity index (χ1n) is 13.3. The molecule has 0 saturated carbocycles. The van der Waals surface area contributed by atoms with Crippen LogP contribution in [-0.2, 0) is 13.1 Å². The second-order valence-corrected chi connectivity index (χ2v) is 11.8. The lowest BCUT2D eigenvalue weighted by Gasteiger charge is -2.35. The highest BCUT2D eigenvalue weighted by Gasteiger charge is 2.40. The number of aryl methyl sites for hydroxylation is 1. The van der Waals surface area contributed by atoms with E-state index in [-0.39, 0.29) is 5.78 Å². The number of carbonyl (C=O) groups excluding carboxylic acids is 3. The normalized spacial score (nSPS) is 16.0. The van der Waals surface area contributed by atoms with Gasteiger partial charge in [0.25, 0.3) is 11.8 Å². The molecule has 1 fully saturated rings. The van der Waals surface area contributed by atoms with Gasteiger partial charge in [0, 0.05) is 54.7 Å². The lowest BCUT2D eigenvalue weighted by Crippen LogP contribution is -2.45. The molecule has 0 bridgehead atoms. The van der Waals surface area contributed by atoms with Gasteiger partial charge in [-0.05, 0) is 54.4 Å². The third kappa shape index (κ3) is 5.02. The largest absolute Gasteiger partial charge is 0.297 e. The summed E-state index contributed by atoms with van der Waals surface area (Å²) in [7, 11) is 0. The third-order valence-corrected chi connectivity index (χ3v) is 9.00. The smallest absolute Gasteiger partial charge is 0.266 e. The van der Waals surface area contributed by atoms with Crippen molar-refractivity contribution in [2.45, 2.75) is 20.0 Å². The van der Waals surface area contributed by atoms with Gasteiger partial charge in [-0.3, -0.25) is 24.2 Å². The van der Waals surface area contributed by atoms with Crippen LogP contribution >= 0.6 is 22.9 Å². The van der Waals surface area contributed by atoms with Crippen LogP contribution in [0, 0.1) is 6.92 Å². The second-order valence-electron chi connectivity index (χ2n) is 10.2. The van der Waals surface area contributed by atoms with Gasteiger partial charge < -0.3 is 0 Å². The van der Waals surface area contributed by atoms with Gasteiger partial charge in [-0.2, -0.15) is 0 Å². The SMILES string of the molecule is Cc1sc(N2C(=O)c3ccccc3C2=O)c(C(=O)c2ccc(Cl)cc2)c1CN1CCN(Cc2ccccc2)CC1. The van der Waals surface area contributed by atoms with Gasteiger partial charge in [0.15, 0.2) is 5.78 Å². The Morgan fingerprint density at radius 2 is 1.32 bits per heavy atom. The molecular formula is C32H28ClN3O3S. The molecule has 2 aliphatic rings. The average Bonchev–Trinajstić information content (AvgIpc) is 3.42. The van der Waals surface area contributed by atoms with Crippen molar-refractivity contribution in [2.75, 3.05) is 31.1 Å². The molecule has 1 aromatic heterocycles. The molecule has 2 amide bonds. The molecule has 6 nitrogen and oxygen atoms in total. The van der Waals surface area contributed by atoms with Gasteiger partial charge in [0.05, 0.1) is 16.7 Å².